The van der Waals surface area contributed by atoms with Crippen LogP contribution in [-0.4, -0.2) is 46.3 Å². The minimum atomic E-state index is -4.78. The number of aromatic nitrogens is 3. The predicted molar refractivity (Wildman–Crippen MR) is 140 cm³/mol. The Hall–Kier alpha value is -4.61. The lowest BCUT2D eigenvalue weighted by atomic mass is 9.93. The van der Waals surface area contributed by atoms with E-state index in [1.165, 1.54) is 12.3 Å². The highest BCUT2D eigenvalue weighted by Crippen LogP contribution is 2.41. The Bertz CT molecular complexity index is 1530. The Morgan fingerprint density at radius 2 is 1.86 bits per heavy atom. The summed E-state index contributed by atoms with van der Waals surface area (Å²) in [5.41, 5.74) is -1.63. The molecule has 2 atom stereocenters. The molecule has 1 amide bonds. The number of anilines is 3. The number of benzene rings is 1. The van der Waals surface area contributed by atoms with Crippen LogP contribution >= 0.6 is 0 Å². The number of carboxylic acid groups (broad SMARTS) is 1. The quantitative estimate of drug-likeness (QED) is 0.322. The maximum absolute atomic E-state index is 13.5. The van der Waals surface area contributed by atoms with E-state index in [4.69, 9.17) is 0 Å². The first kappa shape index (κ1) is 30.4. The number of pyridine rings is 1. The Morgan fingerprint density at radius 3 is 2.43 bits per heavy atom. The zero-order valence-electron chi connectivity index (χ0n) is 22.5. The van der Waals surface area contributed by atoms with Gasteiger partial charge in [0.2, 0.25) is 5.95 Å². The molecule has 1 aliphatic heterocycles. The molecular weight excluding hydrogens is 568 g/mol. The Kier molecular flexibility index (Phi) is 8.20. The number of hydrogen-bond acceptors (Lipinski definition) is 7. The molecule has 222 valence electrons. The molecule has 3 aromatic rings. The fourth-order valence-electron chi connectivity index (χ4n) is 4.86. The van der Waals surface area contributed by atoms with Gasteiger partial charge in [-0.2, -0.15) is 31.6 Å². The largest absolute Gasteiger partial charge is 0.465 e. The van der Waals surface area contributed by atoms with Crippen LogP contribution < -0.4 is 15.1 Å². The fourth-order valence-corrected chi connectivity index (χ4v) is 4.86. The standard InChI is InChI=1S/C27H25F6N7O2/c1-4-17-11-19(23-20(40(17)25(41)42)5-6-22(38-23)27(31,32)33)37-24-35-13-21(39(2)3)18(36-24)10-14-7-15(12-34)9-16(8-14)26(28,29)30/h5-9,13,17,19H,4,10-11H2,1-3H3,(H,41,42)(H,35,36,37)/t17-,19+/m1/s1. The van der Waals surface area contributed by atoms with Gasteiger partial charge in [0.1, 0.15) is 5.69 Å². The average Bonchev–Trinajstić information content (AvgIpc) is 2.91. The van der Waals surface area contributed by atoms with Gasteiger partial charge in [-0.25, -0.2) is 19.7 Å². The van der Waals surface area contributed by atoms with Crippen molar-refractivity contribution in [2.24, 2.45) is 0 Å². The second-order valence-electron chi connectivity index (χ2n) is 9.87. The van der Waals surface area contributed by atoms with Crippen LogP contribution in [0.25, 0.3) is 0 Å². The van der Waals surface area contributed by atoms with Crippen molar-refractivity contribution in [3.63, 3.8) is 0 Å². The molecular formula is C27H25F6N7O2. The van der Waals surface area contributed by atoms with E-state index in [2.05, 4.69) is 20.3 Å². The first-order valence-electron chi connectivity index (χ1n) is 12.6. The molecule has 0 aliphatic carbocycles. The average molecular weight is 594 g/mol. The highest BCUT2D eigenvalue weighted by Gasteiger charge is 2.40. The maximum atomic E-state index is 13.5. The van der Waals surface area contributed by atoms with Crippen LogP contribution in [0.2, 0.25) is 0 Å². The summed E-state index contributed by atoms with van der Waals surface area (Å²) >= 11 is 0. The number of alkyl halides is 6. The molecule has 2 N–H and O–H groups in total. The first-order chi connectivity index (χ1) is 19.6. The second-order valence-corrected chi connectivity index (χ2v) is 9.87. The molecule has 0 fully saturated rings. The van der Waals surface area contributed by atoms with Gasteiger partial charge in [0.05, 0.1) is 52.2 Å². The molecule has 0 saturated heterocycles. The van der Waals surface area contributed by atoms with Gasteiger partial charge in [0.25, 0.3) is 0 Å². The molecule has 9 nitrogen and oxygen atoms in total. The Morgan fingerprint density at radius 1 is 1.14 bits per heavy atom. The second kappa shape index (κ2) is 11.3. The zero-order chi connectivity index (χ0) is 31.0. The van der Waals surface area contributed by atoms with Crippen LogP contribution in [0.4, 0.5) is 48.5 Å². The predicted octanol–water partition coefficient (Wildman–Crippen LogP) is 6.26. The van der Waals surface area contributed by atoms with Crippen molar-refractivity contribution >= 4 is 23.4 Å². The molecule has 4 rings (SSSR count). The van der Waals surface area contributed by atoms with E-state index >= 15 is 0 Å². The summed E-state index contributed by atoms with van der Waals surface area (Å²) in [6.45, 7) is 1.74. The lowest BCUT2D eigenvalue weighted by molar-refractivity contribution is -0.141. The molecule has 0 radical (unpaired) electrons. The zero-order valence-corrected chi connectivity index (χ0v) is 22.5. The minimum Gasteiger partial charge on any atom is -0.465 e. The third kappa shape index (κ3) is 6.32. The van der Waals surface area contributed by atoms with Gasteiger partial charge >= 0.3 is 18.4 Å². The van der Waals surface area contributed by atoms with E-state index in [1.807, 2.05) is 0 Å². The van der Waals surface area contributed by atoms with E-state index in [9.17, 15) is 41.5 Å². The van der Waals surface area contributed by atoms with E-state index in [-0.39, 0.29) is 47.0 Å². The van der Waals surface area contributed by atoms with E-state index < -0.39 is 41.8 Å². The smallest absolute Gasteiger partial charge is 0.433 e. The van der Waals surface area contributed by atoms with E-state index in [0.29, 0.717) is 12.1 Å². The normalized spacial score (nSPS) is 16.9. The number of halogens is 6. The van der Waals surface area contributed by atoms with Crippen LogP contribution in [0.5, 0.6) is 0 Å². The van der Waals surface area contributed by atoms with E-state index in [1.54, 1.807) is 32.0 Å². The number of carbonyl (C=O) groups is 1. The monoisotopic (exact) mass is 593 g/mol. The number of nitrogens with one attached hydrogen (secondary N) is 1. The van der Waals surface area contributed by atoms with Gasteiger partial charge in [0, 0.05) is 26.6 Å². The van der Waals surface area contributed by atoms with Gasteiger partial charge < -0.3 is 15.3 Å². The summed E-state index contributed by atoms with van der Waals surface area (Å²) in [5, 5.41) is 22.0. The van der Waals surface area contributed by atoms with Crippen molar-refractivity contribution in [1.82, 2.24) is 15.0 Å². The third-order valence-corrected chi connectivity index (χ3v) is 6.78. The molecule has 3 heterocycles. The third-order valence-electron chi connectivity index (χ3n) is 6.78. The summed E-state index contributed by atoms with van der Waals surface area (Å²) in [7, 11) is 3.35. The number of nitriles is 1. The molecule has 0 spiro atoms. The fraction of sp³-hybridized carbons (Fsp3) is 0.370. The van der Waals surface area contributed by atoms with Crippen molar-refractivity contribution in [3.05, 3.63) is 70.3 Å². The molecule has 42 heavy (non-hydrogen) atoms. The molecule has 1 aliphatic rings. The van der Waals surface area contributed by atoms with Crippen LogP contribution in [0.3, 0.4) is 0 Å². The topological polar surface area (TPSA) is 118 Å². The van der Waals surface area contributed by atoms with Gasteiger partial charge in [0.15, 0.2) is 0 Å². The minimum absolute atomic E-state index is 0.00997. The SMILES string of the molecule is CC[C@@H]1C[C@H](Nc2ncc(N(C)C)c(Cc3cc(C#N)cc(C(F)(F)F)c3)n2)c2nc(C(F)(F)F)ccc2N1C(=O)O. The van der Waals surface area contributed by atoms with E-state index in [0.717, 1.165) is 29.2 Å². The molecule has 2 aromatic heterocycles. The number of hydrogen-bond donors (Lipinski definition) is 2. The number of amides is 1. The molecule has 0 saturated carbocycles. The Balaban J connectivity index is 1.76. The number of nitrogens with zero attached hydrogens (tertiary/aromatic N) is 6. The van der Waals surface area contributed by atoms with Crippen LogP contribution in [0.15, 0.2) is 36.5 Å². The van der Waals surface area contributed by atoms with Crippen LogP contribution in [-0.2, 0) is 18.8 Å². The highest BCUT2D eigenvalue weighted by molar-refractivity contribution is 5.88. The van der Waals surface area contributed by atoms with Crippen molar-refractivity contribution < 1.29 is 36.2 Å². The van der Waals surface area contributed by atoms with Crippen LogP contribution in [0.1, 0.15) is 59.6 Å². The van der Waals surface area contributed by atoms with Crippen LogP contribution in [0, 0.1) is 11.3 Å². The summed E-state index contributed by atoms with van der Waals surface area (Å²) in [6, 6.07) is 4.98. The van der Waals surface area contributed by atoms with Crippen molar-refractivity contribution in [3.8, 4) is 6.07 Å². The molecule has 0 bridgehead atoms. The number of fused-ring (bicyclic) bond motifs is 1. The number of rotatable bonds is 6. The van der Waals surface area contributed by atoms with Gasteiger partial charge in [-0.3, -0.25) is 4.90 Å². The van der Waals surface area contributed by atoms with Crippen molar-refractivity contribution in [1.29, 1.82) is 5.26 Å². The summed E-state index contributed by atoms with van der Waals surface area (Å²) in [6.07, 6.45) is -9.10. The van der Waals surface area contributed by atoms with Crippen molar-refractivity contribution in [2.45, 2.75) is 50.6 Å². The summed E-state index contributed by atoms with van der Waals surface area (Å²) < 4.78 is 80.9. The van der Waals surface area contributed by atoms with Gasteiger partial charge in [-0.05, 0) is 48.7 Å². The lowest BCUT2D eigenvalue weighted by Crippen LogP contribution is -2.45. The van der Waals surface area contributed by atoms with Crippen molar-refractivity contribution in [2.75, 3.05) is 29.2 Å². The highest BCUT2D eigenvalue weighted by atomic mass is 19.4. The molecule has 0 unspecified atom stereocenters. The summed E-state index contributed by atoms with van der Waals surface area (Å²) in [5.74, 6) is -0.0446. The summed E-state index contributed by atoms with van der Waals surface area (Å²) in [4.78, 5) is 27.1. The molecule has 1 aromatic carbocycles. The Labute approximate surface area is 236 Å². The van der Waals surface area contributed by atoms with Gasteiger partial charge in [-0.1, -0.05) is 6.92 Å². The molecule has 15 heteroatoms. The first-order valence-corrected chi connectivity index (χ1v) is 12.6. The van der Waals surface area contributed by atoms with Gasteiger partial charge in [-0.15, -0.1) is 0 Å². The maximum Gasteiger partial charge on any atom is 0.433 e. The lowest BCUT2D eigenvalue weighted by Gasteiger charge is -2.38.